The molecule has 0 bridgehead atoms. The molecule has 2 heterocycles. The second kappa shape index (κ2) is 9.82. The Kier molecular flexibility index (Phi) is 6.27. The van der Waals surface area contributed by atoms with Crippen LogP contribution in [0.2, 0.25) is 0 Å². The van der Waals surface area contributed by atoms with Gasteiger partial charge in [0.15, 0.2) is 23.0 Å². The Morgan fingerprint density at radius 1 is 1.06 bits per heavy atom. The SMILES string of the molecule is CCOc1cc(/C=C(\C#N)C(=O)N2CCc3ccccc32)ccc1OCc1ccc2c(c1)OCO2. The van der Waals surface area contributed by atoms with Gasteiger partial charge in [0, 0.05) is 12.2 Å². The number of hydrogen-bond acceptors (Lipinski definition) is 6. The topological polar surface area (TPSA) is 81.0 Å². The van der Waals surface area contributed by atoms with E-state index in [2.05, 4.69) is 6.07 Å². The van der Waals surface area contributed by atoms with Crippen molar-refractivity contribution in [3.63, 3.8) is 0 Å². The molecule has 1 amide bonds. The smallest absolute Gasteiger partial charge is 0.268 e. The van der Waals surface area contributed by atoms with Gasteiger partial charge in [-0.3, -0.25) is 4.79 Å². The summed E-state index contributed by atoms with van der Waals surface area (Å²) in [6.07, 6.45) is 2.37. The lowest BCUT2D eigenvalue weighted by Crippen LogP contribution is -2.29. The first kappa shape index (κ1) is 22.4. The van der Waals surface area contributed by atoms with Gasteiger partial charge in [0.1, 0.15) is 18.2 Å². The molecule has 0 saturated heterocycles. The molecular weight excluding hydrogens is 444 g/mol. The van der Waals surface area contributed by atoms with E-state index in [0.29, 0.717) is 42.6 Å². The highest BCUT2D eigenvalue weighted by Crippen LogP contribution is 2.34. The number of hydrogen-bond donors (Lipinski definition) is 0. The van der Waals surface area contributed by atoms with Crippen LogP contribution in [0, 0.1) is 11.3 Å². The van der Waals surface area contributed by atoms with Crippen molar-refractivity contribution in [1.82, 2.24) is 0 Å². The van der Waals surface area contributed by atoms with Gasteiger partial charge in [0.25, 0.3) is 5.91 Å². The van der Waals surface area contributed by atoms with Crippen LogP contribution in [0.4, 0.5) is 5.69 Å². The summed E-state index contributed by atoms with van der Waals surface area (Å²) in [4.78, 5) is 14.8. The standard InChI is InChI=1S/C28H24N2O5/c1-2-32-26-14-19(7-9-24(26)33-17-20-8-10-25-27(15-20)35-18-34-25)13-22(16-29)28(31)30-12-11-21-5-3-4-6-23(21)30/h3-10,13-15H,2,11-12,17-18H2,1H3/b22-13+. The quantitative estimate of drug-likeness (QED) is 0.363. The summed E-state index contributed by atoms with van der Waals surface area (Å²) in [7, 11) is 0. The second-order valence-electron chi connectivity index (χ2n) is 8.12. The first-order valence-electron chi connectivity index (χ1n) is 11.5. The molecule has 0 saturated carbocycles. The van der Waals surface area contributed by atoms with Crippen LogP contribution in [0.5, 0.6) is 23.0 Å². The molecule has 0 aliphatic carbocycles. The fourth-order valence-corrected chi connectivity index (χ4v) is 4.20. The molecule has 3 aromatic carbocycles. The van der Waals surface area contributed by atoms with Gasteiger partial charge in [-0.25, -0.2) is 0 Å². The highest BCUT2D eigenvalue weighted by molar-refractivity contribution is 6.12. The maximum Gasteiger partial charge on any atom is 0.268 e. The molecule has 0 fully saturated rings. The van der Waals surface area contributed by atoms with Crippen molar-refractivity contribution in [2.45, 2.75) is 20.0 Å². The predicted octanol–water partition coefficient (Wildman–Crippen LogP) is 4.89. The summed E-state index contributed by atoms with van der Waals surface area (Å²) >= 11 is 0. The molecule has 2 aliphatic rings. The third-order valence-electron chi connectivity index (χ3n) is 5.89. The zero-order chi connectivity index (χ0) is 24.2. The van der Waals surface area contributed by atoms with Gasteiger partial charge in [-0.1, -0.05) is 30.3 Å². The van der Waals surface area contributed by atoms with E-state index in [-0.39, 0.29) is 18.3 Å². The van der Waals surface area contributed by atoms with Crippen LogP contribution in [-0.2, 0) is 17.8 Å². The maximum absolute atomic E-state index is 13.1. The third-order valence-corrected chi connectivity index (χ3v) is 5.89. The Balaban J connectivity index is 1.34. The molecule has 0 N–H and O–H groups in total. The van der Waals surface area contributed by atoms with Crippen molar-refractivity contribution in [3.8, 4) is 29.1 Å². The van der Waals surface area contributed by atoms with Gasteiger partial charge in [-0.15, -0.1) is 0 Å². The number of anilines is 1. The summed E-state index contributed by atoms with van der Waals surface area (Å²) in [5.41, 5.74) is 3.66. The Morgan fingerprint density at radius 3 is 2.77 bits per heavy atom. The van der Waals surface area contributed by atoms with E-state index in [1.54, 1.807) is 29.2 Å². The number of carbonyl (C=O) groups is 1. The number of fused-ring (bicyclic) bond motifs is 2. The van der Waals surface area contributed by atoms with Crippen molar-refractivity contribution in [1.29, 1.82) is 5.26 Å². The molecule has 7 nitrogen and oxygen atoms in total. The maximum atomic E-state index is 13.1. The Bertz CT molecular complexity index is 1340. The van der Waals surface area contributed by atoms with E-state index in [1.165, 1.54) is 0 Å². The van der Waals surface area contributed by atoms with Gasteiger partial charge in [0.05, 0.1) is 6.61 Å². The molecule has 0 unspecified atom stereocenters. The number of rotatable bonds is 7. The predicted molar refractivity (Wildman–Crippen MR) is 131 cm³/mol. The lowest BCUT2D eigenvalue weighted by Gasteiger charge is -2.17. The van der Waals surface area contributed by atoms with Gasteiger partial charge in [-0.2, -0.15) is 5.26 Å². The van der Waals surface area contributed by atoms with Gasteiger partial charge >= 0.3 is 0 Å². The van der Waals surface area contributed by atoms with Crippen LogP contribution in [0.1, 0.15) is 23.6 Å². The normalized spacial score (nSPS) is 13.8. The zero-order valence-electron chi connectivity index (χ0n) is 19.3. The van der Waals surface area contributed by atoms with Crippen molar-refractivity contribution < 1.29 is 23.7 Å². The molecule has 3 aromatic rings. The molecule has 35 heavy (non-hydrogen) atoms. The molecule has 7 heteroatoms. The fraction of sp³-hybridized carbons (Fsp3) is 0.214. The number of para-hydroxylation sites is 1. The molecule has 0 atom stereocenters. The summed E-state index contributed by atoms with van der Waals surface area (Å²) in [5.74, 6) is 2.22. The van der Waals surface area contributed by atoms with Crippen molar-refractivity contribution >= 4 is 17.7 Å². The lowest BCUT2D eigenvalue weighted by molar-refractivity contribution is -0.114. The first-order valence-corrected chi connectivity index (χ1v) is 11.5. The number of nitrogens with zero attached hydrogens (tertiary/aromatic N) is 2. The number of carbonyl (C=O) groups excluding carboxylic acids is 1. The van der Waals surface area contributed by atoms with E-state index in [1.807, 2.05) is 49.4 Å². The minimum Gasteiger partial charge on any atom is -0.490 e. The van der Waals surface area contributed by atoms with Crippen LogP contribution in [0.15, 0.2) is 66.2 Å². The Hall–Kier alpha value is -4.44. The number of nitriles is 1. The average molecular weight is 469 g/mol. The zero-order valence-corrected chi connectivity index (χ0v) is 19.3. The largest absolute Gasteiger partial charge is 0.490 e. The van der Waals surface area contributed by atoms with E-state index in [0.717, 1.165) is 29.0 Å². The Labute approximate surface area is 203 Å². The van der Waals surface area contributed by atoms with Gasteiger partial charge in [-0.05, 0) is 66.4 Å². The van der Waals surface area contributed by atoms with Crippen LogP contribution >= 0.6 is 0 Å². The third kappa shape index (κ3) is 4.64. The van der Waals surface area contributed by atoms with Crippen LogP contribution in [0.25, 0.3) is 6.08 Å². The van der Waals surface area contributed by atoms with E-state index in [4.69, 9.17) is 18.9 Å². The summed E-state index contributed by atoms with van der Waals surface area (Å²) in [5, 5.41) is 9.73. The molecule has 5 rings (SSSR count). The lowest BCUT2D eigenvalue weighted by atomic mass is 10.1. The molecule has 0 radical (unpaired) electrons. The summed E-state index contributed by atoms with van der Waals surface area (Å²) in [6, 6.07) is 20.9. The number of amides is 1. The van der Waals surface area contributed by atoms with Crippen LogP contribution < -0.4 is 23.8 Å². The van der Waals surface area contributed by atoms with Crippen LogP contribution in [0.3, 0.4) is 0 Å². The van der Waals surface area contributed by atoms with Gasteiger partial charge in [0.2, 0.25) is 6.79 Å². The molecule has 0 aromatic heterocycles. The molecule has 176 valence electrons. The number of ether oxygens (including phenoxy) is 4. The van der Waals surface area contributed by atoms with Crippen molar-refractivity contribution in [2.75, 3.05) is 24.8 Å². The summed E-state index contributed by atoms with van der Waals surface area (Å²) in [6.45, 7) is 3.44. The minimum absolute atomic E-state index is 0.0678. The average Bonchev–Trinajstić information content (AvgIpc) is 3.53. The second-order valence-corrected chi connectivity index (χ2v) is 8.12. The Morgan fingerprint density at radius 2 is 1.91 bits per heavy atom. The monoisotopic (exact) mass is 468 g/mol. The highest BCUT2D eigenvalue weighted by atomic mass is 16.7. The molecule has 0 spiro atoms. The number of benzene rings is 3. The highest BCUT2D eigenvalue weighted by Gasteiger charge is 2.26. The summed E-state index contributed by atoms with van der Waals surface area (Å²) < 4.78 is 22.6. The van der Waals surface area contributed by atoms with Gasteiger partial charge < -0.3 is 23.8 Å². The molecule has 2 aliphatic heterocycles. The van der Waals surface area contributed by atoms with Crippen molar-refractivity contribution in [3.05, 3.63) is 82.9 Å². The molecular formula is C28H24N2O5. The van der Waals surface area contributed by atoms with Crippen LogP contribution in [-0.4, -0.2) is 25.9 Å². The minimum atomic E-state index is -0.307. The fourth-order valence-electron chi connectivity index (χ4n) is 4.20. The van der Waals surface area contributed by atoms with E-state index < -0.39 is 0 Å². The first-order chi connectivity index (χ1) is 17.2. The van der Waals surface area contributed by atoms with Crippen molar-refractivity contribution in [2.24, 2.45) is 0 Å². The van der Waals surface area contributed by atoms with E-state index in [9.17, 15) is 10.1 Å². The van der Waals surface area contributed by atoms with E-state index >= 15 is 0 Å².